The van der Waals surface area contributed by atoms with Crippen LogP contribution in [0.1, 0.15) is 64.1 Å². The van der Waals surface area contributed by atoms with E-state index in [1.165, 1.54) is 36.9 Å². The van der Waals surface area contributed by atoms with Gasteiger partial charge in [-0.05, 0) is 96.5 Å². The molecule has 6 heteroatoms. The molecule has 0 aliphatic heterocycles. The van der Waals surface area contributed by atoms with E-state index in [1.807, 2.05) is 6.20 Å². The minimum atomic E-state index is 0.00358. The van der Waals surface area contributed by atoms with Gasteiger partial charge in [-0.3, -0.25) is 5.10 Å². The average Bonchev–Trinajstić information content (AvgIpc) is 2.99. The molecule has 4 aliphatic carbocycles. The smallest absolute Gasteiger partial charge is 0.0522 e. The Morgan fingerprint density at radius 3 is 2.97 bits per heavy atom. The van der Waals surface area contributed by atoms with Crippen LogP contribution in [0.3, 0.4) is 0 Å². The molecule has 2 N–H and O–H groups in total. The fourth-order valence-electron chi connectivity index (χ4n) is 8.62. The SMILES string of the molecule is C/C=C1\CC[C@H]2[C@@]3(CN=[N+]=[N-])C[C@]3([C@@]3(C)Cc4cn[nH]c4C[C@@H]3CO)CC[C@]12C. The summed E-state index contributed by atoms with van der Waals surface area (Å²) in [6, 6.07) is 0. The molecule has 29 heavy (non-hydrogen) atoms. The number of aliphatic hydroxyl groups excluding tert-OH is 1. The lowest BCUT2D eigenvalue weighted by Crippen LogP contribution is -2.52. The van der Waals surface area contributed by atoms with Gasteiger partial charge in [0.2, 0.25) is 0 Å². The van der Waals surface area contributed by atoms with Crippen LogP contribution in [-0.4, -0.2) is 28.5 Å². The van der Waals surface area contributed by atoms with Crippen LogP contribution in [0, 0.1) is 33.5 Å². The topological polar surface area (TPSA) is 97.7 Å². The number of allylic oxidation sites excluding steroid dienone is 2. The van der Waals surface area contributed by atoms with Crippen molar-refractivity contribution in [1.29, 1.82) is 0 Å². The van der Waals surface area contributed by atoms with Crippen LogP contribution in [0.5, 0.6) is 0 Å². The predicted molar refractivity (Wildman–Crippen MR) is 112 cm³/mol. The normalized spacial score (nSPS) is 46.6. The summed E-state index contributed by atoms with van der Waals surface area (Å²) < 4.78 is 0. The maximum absolute atomic E-state index is 10.4. The van der Waals surface area contributed by atoms with Gasteiger partial charge in [-0.2, -0.15) is 5.10 Å². The van der Waals surface area contributed by atoms with E-state index in [1.54, 1.807) is 5.57 Å². The van der Waals surface area contributed by atoms with Crippen LogP contribution in [0.25, 0.3) is 10.4 Å². The van der Waals surface area contributed by atoms with Gasteiger partial charge in [0.05, 0.1) is 6.20 Å². The molecule has 4 aliphatic rings. The minimum Gasteiger partial charge on any atom is -0.396 e. The summed E-state index contributed by atoms with van der Waals surface area (Å²) in [4.78, 5) is 3.19. The zero-order valence-corrected chi connectivity index (χ0v) is 17.9. The van der Waals surface area contributed by atoms with Crippen LogP contribution in [0.2, 0.25) is 0 Å². The lowest BCUT2D eigenvalue weighted by molar-refractivity contribution is -0.0562. The quantitative estimate of drug-likeness (QED) is 0.326. The number of nitrogens with zero attached hydrogens (tertiary/aromatic N) is 4. The summed E-state index contributed by atoms with van der Waals surface area (Å²) in [5.74, 6) is 0.790. The highest BCUT2D eigenvalue weighted by Gasteiger charge is 2.81. The van der Waals surface area contributed by atoms with Crippen molar-refractivity contribution < 1.29 is 5.11 Å². The molecule has 6 atom stereocenters. The number of aromatic nitrogens is 2. The molecule has 3 saturated carbocycles. The lowest BCUT2D eigenvalue weighted by atomic mass is 9.49. The largest absolute Gasteiger partial charge is 0.396 e. The van der Waals surface area contributed by atoms with Crippen molar-refractivity contribution in [1.82, 2.24) is 10.2 Å². The Morgan fingerprint density at radius 2 is 2.24 bits per heavy atom. The Balaban J connectivity index is 1.61. The van der Waals surface area contributed by atoms with E-state index in [0.717, 1.165) is 19.3 Å². The van der Waals surface area contributed by atoms with E-state index in [9.17, 15) is 10.6 Å². The number of azide groups is 1. The molecule has 0 amide bonds. The molecule has 5 rings (SSSR count). The van der Waals surface area contributed by atoms with Gasteiger partial charge in [0.25, 0.3) is 0 Å². The van der Waals surface area contributed by atoms with Crippen LogP contribution < -0.4 is 0 Å². The molecular weight excluding hydrogens is 362 g/mol. The monoisotopic (exact) mass is 395 g/mol. The summed E-state index contributed by atoms with van der Waals surface area (Å²) in [6.07, 6.45) is 12.0. The van der Waals surface area contributed by atoms with Crippen molar-refractivity contribution in [3.05, 3.63) is 39.5 Å². The lowest BCUT2D eigenvalue weighted by Gasteiger charge is -2.55. The summed E-state index contributed by atoms with van der Waals surface area (Å²) in [7, 11) is 0. The number of nitrogens with one attached hydrogen (secondary N) is 1. The molecule has 0 saturated heterocycles. The van der Waals surface area contributed by atoms with E-state index in [0.29, 0.717) is 12.5 Å². The van der Waals surface area contributed by atoms with Crippen molar-refractivity contribution in [2.75, 3.05) is 13.2 Å². The second-order valence-corrected chi connectivity index (χ2v) is 10.7. The van der Waals surface area contributed by atoms with E-state index in [4.69, 9.17) is 0 Å². The first-order valence-corrected chi connectivity index (χ1v) is 11.2. The molecule has 0 unspecified atom stereocenters. The second kappa shape index (κ2) is 6.12. The fourth-order valence-corrected chi connectivity index (χ4v) is 8.62. The van der Waals surface area contributed by atoms with Crippen molar-refractivity contribution in [2.24, 2.45) is 38.6 Å². The van der Waals surface area contributed by atoms with Gasteiger partial charge in [-0.25, -0.2) is 0 Å². The Labute approximate surface area is 172 Å². The van der Waals surface area contributed by atoms with Gasteiger partial charge in [0, 0.05) is 23.8 Å². The first-order chi connectivity index (χ1) is 13.9. The third-order valence-electron chi connectivity index (χ3n) is 10.2. The highest BCUT2D eigenvalue weighted by atomic mass is 16.3. The molecule has 1 aromatic heterocycles. The molecule has 1 heterocycles. The molecule has 6 nitrogen and oxygen atoms in total. The minimum absolute atomic E-state index is 0.00358. The second-order valence-electron chi connectivity index (χ2n) is 10.7. The Hall–Kier alpha value is -1.78. The summed E-state index contributed by atoms with van der Waals surface area (Å²) in [6.45, 7) is 7.86. The molecular formula is C23H33N5O. The maximum Gasteiger partial charge on any atom is 0.0522 e. The van der Waals surface area contributed by atoms with E-state index in [-0.39, 0.29) is 34.2 Å². The Bertz CT molecular complexity index is 916. The Kier molecular flexibility index (Phi) is 4.05. The van der Waals surface area contributed by atoms with Gasteiger partial charge in [-0.1, -0.05) is 30.6 Å². The third-order valence-corrected chi connectivity index (χ3v) is 10.2. The van der Waals surface area contributed by atoms with E-state index >= 15 is 0 Å². The fraction of sp³-hybridized carbons (Fsp3) is 0.783. The van der Waals surface area contributed by atoms with Crippen LogP contribution in [-0.2, 0) is 12.8 Å². The van der Waals surface area contributed by atoms with E-state index < -0.39 is 0 Å². The summed E-state index contributed by atoms with van der Waals surface area (Å²) in [5.41, 5.74) is 13.7. The number of aliphatic hydroxyl groups is 1. The van der Waals surface area contributed by atoms with Crippen LogP contribution in [0.4, 0.5) is 0 Å². The zero-order valence-electron chi connectivity index (χ0n) is 17.9. The van der Waals surface area contributed by atoms with Gasteiger partial charge in [0.15, 0.2) is 0 Å². The van der Waals surface area contributed by atoms with Crippen LogP contribution >= 0.6 is 0 Å². The number of hydrogen-bond donors (Lipinski definition) is 2. The van der Waals surface area contributed by atoms with Gasteiger partial charge >= 0.3 is 0 Å². The Morgan fingerprint density at radius 1 is 1.41 bits per heavy atom. The van der Waals surface area contributed by atoms with Crippen molar-refractivity contribution in [3.8, 4) is 0 Å². The van der Waals surface area contributed by atoms with Crippen LogP contribution in [0.15, 0.2) is 23.0 Å². The molecule has 0 radical (unpaired) electrons. The van der Waals surface area contributed by atoms with Gasteiger partial charge in [-0.15, -0.1) is 0 Å². The predicted octanol–water partition coefficient (Wildman–Crippen LogP) is 4.97. The zero-order chi connectivity index (χ0) is 20.5. The van der Waals surface area contributed by atoms with Gasteiger partial charge < -0.3 is 5.11 Å². The highest BCUT2D eigenvalue weighted by Crippen LogP contribution is 2.86. The molecule has 156 valence electrons. The maximum atomic E-state index is 10.4. The first-order valence-electron chi connectivity index (χ1n) is 11.2. The molecule has 0 aromatic carbocycles. The van der Waals surface area contributed by atoms with Crippen molar-refractivity contribution in [2.45, 2.75) is 65.7 Å². The molecule has 0 spiro atoms. The standard InChI is InChI=1S/C23H33N5O/c1-4-16-5-6-19-20(16,2)7-8-23(13-22(19,23)14-26-28-24)21(3)10-15-11-25-27-18(15)9-17(21)12-29/h4,11,17,19,29H,5-10,12-14H2,1-3H3,(H,25,27)/b16-4+/t17-,19-,20-,21+,22+,23+/m1/s1. The highest BCUT2D eigenvalue weighted by molar-refractivity contribution is 5.37. The molecule has 0 bridgehead atoms. The average molecular weight is 396 g/mol. The summed E-state index contributed by atoms with van der Waals surface area (Å²) in [5, 5.41) is 22.0. The third kappa shape index (κ3) is 2.17. The number of hydrogen-bond acceptors (Lipinski definition) is 3. The number of rotatable bonds is 4. The van der Waals surface area contributed by atoms with Crippen molar-refractivity contribution in [3.63, 3.8) is 0 Å². The molecule has 1 aromatic rings. The number of aromatic amines is 1. The van der Waals surface area contributed by atoms with Crippen molar-refractivity contribution >= 4 is 0 Å². The number of fused-ring (bicyclic) bond motifs is 4. The summed E-state index contributed by atoms with van der Waals surface area (Å²) >= 11 is 0. The molecule has 3 fully saturated rings. The first kappa shape index (κ1) is 19.2. The van der Waals surface area contributed by atoms with E-state index in [2.05, 4.69) is 47.1 Å². The number of H-pyrrole nitrogens is 1. The van der Waals surface area contributed by atoms with Gasteiger partial charge in [0.1, 0.15) is 0 Å².